The lowest BCUT2D eigenvalue weighted by Gasteiger charge is -2.46. The first kappa shape index (κ1) is 23.9. The Labute approximate surface area is 196 Å². The van der Waals surface area contributed by atoms with Gasteiger partial charge in [-0.2, -0.15) is 0 Å². The molecule has 0 aromatic heterocycles. The highest BCUT2D eigenvalue weighted by Gasteiger charge is 2.60. The van der Waals surface area contributed by atoms with E-state index in [0.717, 1.165) is 19.8 Å². The molecule has 4 N–H and O–H groups in total. The van der Waals surface area contributed by atoms with E-state index < -0.39 is 51.9 Å². The summed E-state index contributed by atoms with van der Waals surface area (Å²) in [6.07, 6.45) is 2.79. The molecular weight excluding hydrogens is 440 g/mol. The van der Waals surface area contributed by atoms with Crippen LogP contribution in [0.3, 0.4) is 0 Å². The fourth-order valence-corrected chi connectivity index (χ4v) is 5.66. The summed E-state index contributed by atoms with van der Waals surface area (Å²) in [6, 6.07) is 2.80. The van der Waals surface area contributed by atoms with Crippen LogP contribution in [0, 0.1) is 11.8 Å². The van der Waals surface area contributed by atoms with Crippen molar-refractivity contribution in [3.05, 3.63) is 45.7 Å². The number of fused-ring (bicyclic) bond motifs is 3. The number of phenols is 1. The highest BCUT2D eigenvalue weighted by atomic mass is 16.3. The van der Waals surface area contributed by atoms with Crippen LogP contribution < -0.4 is 0 Å². The molecule has 1 aromatic carbocycles. The molecular formula is C26H28O8. The summed E-state index contributed by atoms with van der Waals surface area (Å²) < 4.78 is 0. The normalized spacial score (nSPS) is 26.2. The smallest absolute Gasteiger partial charge is 0.202 e. The van der Waals surface area contributed by atoms with E-state index in [4.69, 9.17) is 0 Å². The number of aliphatic hydroxyl groups is 3. The highest BCUT2D eigenvalue weighted by molar-refractivity contribution is 6.23. The molecule has 1 fully saturated rings. The molecule has 0 bridgehead atoms. The van der Waals surface area contributed by atoms with Gasteiger partial charge in [-0.05, 0) is 49.8 Å². The SMILES string of the molecule is CCCCCC(=O)c1ccc(O)c2c1C[C@H]1C[C@H]3CC(=O)C(C(C)=O)=C(O)[C@@]3(O)C(=O)C1=C2O. The number of benzene rings is 1. The van der Waals surface area contributed by atoms with Crippen LogP contribution in [-0.2, 0) is 20.8 Å². The predicted octanol–water partition coefficient (Wildman–Crippen LogP) is 3.29. The number of ketones is 4. The molecule has 3 atom stereocenters. The molecule has 4 rings (SSSR count). The number of carbonyl (C=O) groups excluding carboxylic acids is 4. The quantitative estimate of drug-likeness (QED) is 0.282. The van der Waals surface area contributed by atoms with E-state index in [-0.39, 0.29) is 41.9 Å². The van der Waals surface area contributed by atoms with E-state index in [9.17, 15) is 39.6 Å². The van der Waals surface area contributed by atoms with Crippen LogP contribution >= 0.6 is 0 Å². The Morgan fingerprint density at radius 1 is 1.09 bits per heavy atom. The van der Waals surface area contributed by atoms with Crippen molar-refractivity contribution in [1.29, 1.82) is 0 Å². The number of carbonyl (C=O) groups is 4. The molecule has 34 heavy (non-hydrogen) atoms. The summed E-state index contributed by atoms with van der Waals surface area (Å²) in [4.78, 5) is 50.8. The zero-order valence-electron chi connectivity index (χ0n) is 19.2. The van der Waals surface area contributed by atoms with Crippen LogP contribution in [0.5, 0.6) is 5.75 Å². The third-order valence-corrected chi connectivity index (χ3v) is 7.36. The van der Waals surface area contributed by atoms with E-state index in [1.54, 1.807) is 0 Å². The fourth-order valence-electron chi connectivity index (χ4n) is 5.66. The van der Waals surface area contributed by atoms with Gasteiger partial charge >= 0.3 is 0 Å². The zero-order chi connectivity index (χ0) is 24.9. The molecule has 0 amide bonds. The molecule has 1 aromatic rings. The third-order valence-electron chi connectivity index (χ3n) is 7.36. The number of allylic oxidation sites excluding steroid dienone is 1. The van der Waals surface area contributed by atoms with E-state index in [1.165, 1.54) is 12.1 Å². The molecule has 180 valence electrons. The van der Waals surface area contributed by atoms with Crippen molar-refractivity contribution < 1.29 is 39.6 Å². The first-order chi connectivity index (χ1) is 16.0. The predicted molar refractivity (Wildman–Crippen MR) is 121 cm³/mol. The molecule has 8 nitrogen and oxygen atoms in total. The second-order valence-electron chi connectivity index (χ2n) is 9.46. The van der Waals surface area contributed by atoms with Gasteiger partial charge in [0.05, 0.1) is 5.56 Å². The molecule has 0 saturated heterocycles. The van der Waals surface area contributed by atoms with Gasteiger partial charge in [0, 0.05) is 29.9 Å². The molecule has 0 radical (unpaired) electrons. The Kier molecular flexibility index (Phi) is 5.97. The summed E-state index contributed by atoms with van der Waals surface area (Å²) >= 11 is 0. The summed E-state index contributed by atoms with van der Waals surface area (Å²) in [5, 5.41) is 43.5. The minimum Gasteiger partial charge on any atom is -0.508 e. The van der Waals surface area contributed by atoms with Crippen LogP contribution in [0.1, 0.15) is 73.9 Å². The van der Waals surface area contributed by atoms with Gasteiger partial charge in [-0.1, -0.05) is 19.8 Å². The van der Waals surface area contributed by atoms with Gasteiger partial charge in [-0.15, -0.1) is 0 Å². The maximum absolute atomic E-state index is 13.5. The maximum atomic E-state index is 13.5. The van der Waals surface area contributed by atoms with E-state index in [2.05, 4.69) is 0 Å². The Hall–Kier alpha value is -3.26. The van der Waals surface area contributed by atoms with Crippen molar-refractivity contribution in [1.82, 2.24) is 0 Å². The lowest BCUT2D eigenvalue weighted by atomic mass is 9.59. The Balaban J connectivity index is 1.84. The molecule has 3 aliphatic carbocycles. The zero-order valence-corrected chi connectivity index (χ0v) is 19.2. The summed E-state index contributed by atoms with van der Waals surface area (Å²) in [5.41, 5.74) is -2.55. The van der Waals surface area contributed by atoms with E-state index in [1.807, 2.05) is 6.92 Å². The number of unbranched alkanes of at least 4 members (excludes halogenated alkanes) is 2. The molecule has 8 heteroatoms. The van der Waals surface area contributed by atoms with E-state index in [0.29, 0.717) is 24.0 Å². The van der Waals surface area contributed by atoms with E-state index >= 15 is 0 Å². The van der Waals surface area contributed by atoms with Crippen molar-refractivity contribution in [2.75, 3.05) is 0 Å². The minimum atomic E-state index is -2.52. The van der Waals surface area contributed by atoms with Crippen molar-refractivity contribution in [2.45, 2.75) is 64.4 Å². The van der Waals surface area contributed by atoms with Gasteiger partial charge in [0.2, 0.25) is 5.78 Å². The van der Waals surface area contributed by atoms with Gasteiger partial charge < -0.3 is 20.4 Å². The lowest BCUT2D eigenvalue weighted by Crippen LogP contribution is -2.57. The van der Waals surface area contributed by atoms with Crippen LogP contribution in [-0.4, -0.2) is 49.2 Å². The number of hydrogen-bond donors (Lipinski definition) is 4. The Bertz CT molecular complexity index is 1190. The maximum Gasteiger partial charge on any atom is 0.202 e. The molecule has 3 aliphatic rings. The minimum absolute atomic E-state index is 0.0369. The largest absolute Gasteiger partial charge is 0.508 e. The van der Waals surface area contributed by atoms with Crippen LogP contribution in [0.4, 0.5) is 0 Å². The van der Waals surface area contributed by atoms with Crippen molar-refractivity contribution in [2.24, 2.45) is 11.8 Å². The number of aliphatic hydroxyl groups excluding tert-OH is 2. The third kappa shape index (κ3) is 3.39. The standard InChI is InChI=1S/C26H28O8/c1-3-4-5-6-17(28)15-7-8-18(29)22-16(15)10-13-9-14-11-19(30)20(12(2)27)24(32)26(14,34)25(33)21(13)23(22)31/h7-8,13-14,29,31-32,34H,3-6,9-11H2,1-2H3/t13-,14+,26-/m1/s1. The molecule has 1 saturated carbocycles. The second-order valence-corrected chi connectivity index (χ2v) is 9.46. The van der Waals surface area contributed by atoms with Gasteiger partial charge in [0.1, 0.15) is 22.8 Å². The van der Waals surface area contributed by atoms with Crippen molar-refractivity contribution in [3.63, 3.8) is 0 Å². The number of rotatable bonds is 6. The molecule has 0 unspecified atom stereocenters. The number of hydrogen-bond acceptors (Lipinski definition) is 8. The first-order valence-electron chi connectivity index (χ1n) is 11.6. The highest BCUT2D eigenvalue weighted by Crippen LogP contribution is 2.52. The monoisotopic (exact) mass is 468 g/mol. The van der Waals surface area contributed by atoms with Gasteiger partial charge in [0.15, 0.2) is 23.0 Å². The van der Waals surface area contributed by atoms with Crippen molar-refractivity contribution in [3.8, 4) is 5.75 Å². The lowest BCUT2D eigenvalue weighted by molar-refractivity contribution is -0.147. The second kappa shape index (κ2) is 8.51. The van der Waals surface area contributed by atoms with Gasteiger partial charge in [0.25, 0.3) is 0 Å². The first-order valence-corrected chi connectivity index (χ1v) is 11.6. The summed E-state index contributed by atoms with van der Waals surface area (Å²) in [5.74, 6) is -6.01. The Morgan fingerprint density at radius 2 is 1.79 bits per heavy atom. The van der Waals surface area contributed by atoms with Crippen LogP contribution in [0.2, 0.25) is 0 Å². The van der Waals surface area contributed by atoms with Gasteiger partial charge in [-0.3, -0.25) is 19.2 Å². The average Bonchev–Trinajstić information content (AvgIpc) is 2.76. The topological polar surface area (TPSA) is 149 Å². The molecule has 0 aliphatic heterocycles. The fraction of sp³-hybridized carbons (Fsp3) is 0.462. The Morgan fingerprint density at radius 3 is 2.44 bits per heavy atom. The molecule has 0 spiro atoms. The number of Topliss-reactive ketones (excluding diaryl/α,β-unsaturated/α-hetero) is 4. The van der Waals surface area contributed by atoms with Crippen LogP contribution in [0.15, 0.2) is 29.0 Å². The van der Waals surface area contributed by atoms with Gasteiger partial charge in [-0.25, -0.2) is 0 Å². The number of aromatic hydroxyl groups is 1. The average molecular weight is 469 g/mol. The van der Waals surface area contributed by atoms with Crippen molar-refractivity contribution >= 4 is 28.9 Å². The summed E-state index contributed by atoms with van der Waals surface area (Å²) in [7, 11) is 0. The molecule has 0 heterocycles. The summed E-state index contributed by atoms with van der Waals surface area (Å²) in [6.45, 7) is 3.09. The number of phenolic OH excluding ortho intramolecular Hbond substituents is 1. The van der Waals surface area contributed by atoms with Crippen LogP contribution in [0.25, 0.3) is 5.76 Å².